The highest BCUT2D eigenvalue weighted by Gasteiger charge is 2.29. The van der Waals surface area contributed by atoms with E-state index < -0.39 is 0 Å². The molecule has 4 rings (SSSR count). The summed E-state index contributed by atoms with van der Waals surface area (Å²) in [5.74, 6) is 3.29. The van der Waals surface area contributed by atoms with Crippen LogP contribution in [0.2, 0.25) is 0 Å². The minimum Gasteiger partial charge on any atom is -0.341 e. The molecule has 0 aromatic carbocycles. The maximum Gasteiger partial charge on any atom is 0.225 e. The highest BCUT2D eigenvalue weighted by Crippen LogP contribution is 2.32. The normalized spacial score (nSPS) is 22.2. The lowest BCUT2D eigenvalue weighted by Crippen LogP contribution is -2.35. The van der Waals surface area contributed by atoms with Crippen molar-refractivity contribution < 1.29 is 0 Å². The summed E-state index contributed by atoms with van der Waals surface area (Å²) in [6.07, 6.45) is 8.65. The summed E-state index contributed by atoms with van der Waals surface area (Å²) >= 11 is 0. The van der Waals surface area contributed by atoms with Crippen molar-refractivity contribution in [1.29, 1.82) is 0 Å². The summed E-state index contributed by atoms with van der Waals surface area (Å²) in [7, 11) is 2.14. The van der Waals surface area contributed by atoms with E-state index in [1.807, 2.05) is 12.1 Å². The predicted octanol–water partition coefficient (Wildman–Crippen LogP) is 2.70. The summed E-state index contributed by atoms with van der Waals surface area (Å²) in [5.41, 5.74) is 2.50. The first-order valence-corrected chi connectivity index (χ1v) is 9.64. The lowest BCUT2D eigenvalue weighted by Gasteiger charge is -2.32. The molecule has 0 atom stereocenters. The van der Waals surface area contributed by atoms with E-state index in [1.54, 1.807) is 12.4 Å². The van der Waals surface area contributed by atoms with E-state index in [0.29, 0.717) is 5.92 Å². The quantitative estimate of drug-likeness (QED) is 0.833. The molecule has 0 aliphatic carbocycles. The molecule has 7 heteroatoms. The number of allylic oxidation sites excluding steroid dienone is 2. The van der Waals surface area contributed by atoms with Gasteiger partial charge in [0.15, 0.2) is 5.82 Å². The van der Waals surface area contributed by atoms with Crippen molar-refractivity contribution in [3.8, 4) is 0 Å². The molecule has 1 fully saturated rings. The van der Waals surface area contributed by atoms with E-state index >= 15 is 0 Å². The molecule has 142 valence electrons. The van der Waals surface area contributed by atoms with Gasteiger partial charge >= 0.3 is 0 Å². The van der Waals surface area contributed by atoms with Crippen LogP contribution < -0.4 is 4.90 Å². The number of hydrogen-bond acceptors (Lipinski definition) is 6. The molecule has 7 nitrogen and oxygen atoms in total. The topological polar surface area (TPSA) is 63.0 Å². The Balaban J connectivity index is 1.60. The number of rotatable bonds is 3. The second-order valence-electron chi connectivity index (χ2n) is 7.48. The second-order valence-corrected chi connectivity index (χ2v) is 7.48. The van der Waals surface area contributed by atoms with Gasteiger partial charge in [-0.3, -0.25) is 9.47 Å². The third kappa shape index (κ3) is 3.51. The SMILES string of the molecule is C=C/C1=C(\C)CCN(C)Cc2nnc(C3CCN(c4ncccn4)CC3)n21. The van der Waals surface area contributed by atoms with Gasteiger partial charge in [0.1, 0.15) is 5.82 Å². The Morgan fingerprint density at radius 1 is 1.11 bits per heavy atom. The van der Waals surface area contributed by atoms with Crippen LogP contribution in [0.15, 0.2) is 36.7 Å². The van der Waals surface area contributed by atoms with Gasteiger partial charge < -0.3 is 4.90 Å². The molecule has 0 saturated carbocycles. The number of nitrogens with zero attached hydrogens (tertiary/aromatic N) is 7. The van der Waals surface area contributed by atoms with Crippen molar-refractivity contribution in [3.05, 3.63) is 48.3 Å². The largest absolute Gasteiger partial charge is 0.341 e. The van der Waals surface area contributed by atoms with Gasteiger partial charge in [-0.1, -0.05) is 6.58 Å². The minimum atomic E-state index is 0.388. The van der Waals surface area contributed by atoms with E-state index in [1.165, 1.54) is 5.57 Å². The Kier molecular flexibility index (Phi) is 5.03. The third-order valence-corrected chi connectivity index (χ3v) is 5.60. The fraction of sp³-hybridized carbons (Fsp3) is 0.500. The Morgan fingerprint density at radius 3 is 2.56 bits per heavy atom. The predicted molar refractivity (Wildman–Crippen MR) is 106 cm³/mol. The van der Waals surface area contributed by atoms with Crippen molar-refractivity contribution in [2.75, 3.05) is 31.6 Å². The zero-order chi connectivity index (χ0) is 18.8. The maximum atomic E-state index is 4.62. The van der Waals surface area contributed by atoms with E-state index in [4.69, 9.17) is 0 Å². The molecule has 2 aromatic heterocycles. The smallest absolute Gasteiger partial charge is 0.225 e. The zero-order valence-corrected chi connectivity index (χ0v) is 16.2. The first-order chi connectivity index (χ1) is 13.2. The molecule has 0 bridgehead atoms. The van der Waals surface area contributed by atoms with Gasteiger partial charge in [-0.25, -0.2) is 9.97 Å². The van der Waals surface area contributed by atoms with Crippen LogP contribution in [0.5, 0.6) is 0 Å². The molecule has 4 heterocycles. The Morgan fingerprint density at radius 2 is 1.85 bits per heavy atom. The Bertz CT molecular complexity index is 831. The van der Waals surface area contributed by atoms with Gasteiger partial charge in [-0.05, 0) is 50.9 Å². The van der Waals surface area contributed by atoms with E-state index in [9.17, 15) is 0 Å². The summed E-state index contributed by atoms with van der Waals surface area (Å²) in [6.45, 7) is 9.97. The molecule has 2 aliphatic heterocycles. The summed E-state index contributed by atoms with van der Waals surface area (Å²) in [6, 6.07) is 1.85. The standard InChI is InChI=1S/C20H27N7/c1-4-17-15(2)6-11-25(3)14-18-23-24-19(27(17)18)16-7-12-26(13-8-16)20-21-9-5-10-22-20/h4-5,9-10,16H,1,6-8,11-14H2,2-3H3/b17-15-. The average Bonchev–Trinajstić information content (AvgIpc) is 3.09. The van der Waals surface area contributed by atoms with Crippen LogP contribution in [0.25, 0.3) is 5.70 Å². The molecule has 27 heavy (non-hydrogen) atoms. The van der Waals surface area contributed by atoms with Gasteiger partial charge in [-0.2, -0.15) is 0 Å². The maximum absolute atomic E-state index is 4.62. The fourth-order valence-corrected chi connectivity index (χ4v) is 4.02. The van der Waals surface area contributed by atoms with Crippen LogP contribution >= 0.6 is 0 Å². The fourth-order valence-electron chi connectivity index (χ4n) is 4.02. The number of piperidine rings is 1. The molecular weight excluding hydrogens is 338 g/mol. The Labute approximate surface area is 160 Å². The van der Waals surface area contributed by atoms with Crippen molar-refractivity contribution in [2.45, 2.75) is 38.6 Å². The molecule has 0 spiro atoms. The highest BCUT2D eigenvalue weighted by atomic mass is 15.3. The monoisotopic (exact) mass is 365 g/mol. The number of fused-ring (bicyclic) bond motifs is 1. The average molecular weight is 365 g/mol. The van der Waals surface area contributed by atoms with E-state index in [0.717, 1.165) is 68.7 Å². The number of hydrogen-bond donors (Lipinski definition) is 0. The molecular formula is C20H27N7. The van der Waals surface area contributed by atoms with Crippen LogP contribution in [0.1, 0.15) is 43.8 Å². The van der Waals surface area contributed by atoms with Crippen molar-refractivity contribution >= 4 is 11.6 Å². The van der Waals surface area contributed by atoms with Gasteiger partial charge in [0, 0.05) is 43.6 Å². The van der Waals surface area contributed by atoms with Gasteiger partial charge in [0.25, 0.3) is 0 Å². The zero-order valence-electron chi connectivity index (χ0n) is 16.2. The lowest BCUT2D eigenvalue weighted by atomic mass is 9.95. The molecule has 0 N–H and O–H groups in total. The van der Waals surface area contributed by atoms with Crippen molar-refractivity contribution in [2.24, 2.45) is 0 Å². The first-order valence-electron chi connectivity index (χ1n) is 9.64. The van der Waals surface area contributed by atoms with Crippen LogP contribution in [0.3, 0.4) is 0 Å². The molecule has 0 unspecified atom stereocenters. The van der Waals surface area contributed by atoms with E-state index in [2.05, 4.69) is 55.1 Å². The van der Waals surface area contributed by atoms with Gasteiger partial charge in [0.2, 0.25) is 5.95 Å². The van der Waals surface area contributed by atoms with Crippen LogP contribution in [0.4, 0.5) is 5.95 Å². The summed E-state index contributed by atoms with van der Waals surface area (Å²) in [5, 5.41) is 9.17. The second kappa shape index (κ2) is 7.60. The van der Waals surface area contributed by atoms with Gasteiger partial charge in [-0.15, -0.1) is 10.2 Å². The highest BCUT2D eigenvalue weighted by molar-refractivity contribution is 5.61. The molecule has 1 saturated heterocycles. The molecule has 0 radical (unpaired) electrons. The Hall–Kier alpha value is -2.54. The molecule has 2 aromatic rings. The third-order valence-electron chi connectivity index (χ3n) is 5.60. The summed E-state index contributed by atoms with van der Waals surface area (Å²) in [4.78, 5) is 13.3. The minimum absolute atomic E-state index is 0.388. The summed E-state index contributed by atoms with van der Waals surface area (Å²) < 4.78 is 2.26. The molecule has 0 amide bonds. The first kappa shape index (κ1) is 17.9. The van der Waals surface area contributed by atoms with Crippen LogP contribution in [0, 0.1) is 0 Å². The van der Waals surface area contributed by atoms with E-state index in [-0.39, 0.29) is 0 Å². The van der Waals surface area contributed by atoms with Crippen molar-refractivity contribution in [1.82, 2.24) is 29.6 Å². The van der Waals surface area contributed by atoms with Crippen molar-refractivity contribution in [3.63, 3.8) is 0 Å². The number of anilines is 1. The lowest BCUT2D eigenvalue weighted by molar-refractivity contribution is 0.316. The molecule has 2 aliphatic rings. The van der Waals surface area contributed by atoms with Crippen LogP contribution in [-0.4, -0.2) is 56.3 Å². The van der Waals surface area contributed by atoms with Crippen LogP contribution in [-0.2, 0) is 6.54 Å². The number of aromatic nitrogens is 5. The van der Waals surface area contributed by atoms with Gasteiger partial charge in [0.05, 0.1) is 6.54 Å².